The van der Waals surface area contributed by atoms with Gasteiger partial charge in [0.15, 0.2) is 0 Å². The largest absolute Gasteiger partial charge is 0.384 e. The van der Waals surface area contributed by atoms with Crippen molar-refractivity contribution in [2.24, 2.45) is 13.0 Å². The van der Waals surface area contributed by atoms with Crippen LogP contribution in [-0.4, -0.2) is 48.0 Å². The second kappa shape index (κ2) is 8.78. The third-order valence-electron chi connectivity index (χ3n) is 7.60. The molecular formula is C28H32N6O3. The van der Waals surface area contributed by atoms with Gasteiger partial charge in [0.25, 0.3) is 0 Å². The molecule has 1 aliphatic heterocycles. The Morgan fingerprint density at radius 1 is 1.14 bits per heavy atom. The van der Waals surface area contributed by atoms with Crippen molar-refractivity contribution in [2.75, 3.05) is 13.2 Å². The average molecular weight is 501 g/mol. The fourth-order valence-corrected chi connectivity index (χ4v) is 5.83. The molecule has 192 valence electrons. The highest BCUT2D eigenvalue weighted by molar-refractivity contribution is 6.04. The first-order chi connectivity index (χ1) is 17.8. The van der Waals surface area contributed by atoms with E-state index in [9.17, 15) is 5.11 Å². The van der Waals surface area contributed by atoms with E-state index < -0.39 is 5.60 Å². The molecule has 9 nitrogen and oxygen atoms in total. The quantitative estimate of drug-likeness (QED) is 0.368. The predicted octanol–water partition coefficient (Wildman–Crippen LogP) is 4.83. The van der Waals surface area contributed by atoms with E-state index in [2.05, 4.69) is 57.3 Å². The molecule has 1 saturated heterocycles. The van der Waals surface area contributed by atoms with Crippen LogP contribution in [0.4, 0.5) is 0 Å². The number of aryl methyl sites for hydroxylation is 3. The molecule has 1 fully saturated rings. The minimum atomic E-state index is -1.20. The molecule has 5 aromatic rings. The van der Waals surface area contributed by atoms with Crippen LogP contribution in [0.3, 0.4) is 0 Å². The molecule has 9 heteroatoms. The third kappa shape index (κ3) is 3.84. The summed E-state index contributed by atoms with van der Waals surface area (Å²) < 4.78 is 15.7. The maximum Gasteiger partial charge on any atom is 0.211 e. The average Bonchev–Trinajstić information content (AvgIpc) is 3.54. The normalized spacial score (nSPS) is 16.2. The van der Waals surface area contributed by atoms with Crippen molar-refractivity contribution in [1.82, 2.24) is 29.7 Å². The number of hydrogen-bond donors (Lipinski definition) is 1. The van der Waals surface area contributed by atoms with Gasteiger partial charge in [0.05, 0.1) is 22.9 Å². The van der Waals surface area contributed by atoms with Crippen LogP contribution in [-0.2, 0) is 17.4 Å². The van der Waals surface area contributed by atoms with E-state index in [-0.39, 0.29) is 6.04 Å². The van der Waals surface area contributed by atoms with Gasteiger partial charge in [0.1, 0.15) is 22.3 Å². The van der Waals surface area contributed by atoms with E-state index in [4.69, 9.17) is 14.2 Å². The number of hydrogen-bond acceptors (Lipinski definition) is 7. The van der Waals surface area contributed by atoms with Crippen molar-refractivity contribution in [3.8, 4) is 11.3 Å². The second-order valence-corrected chi connectivity index (χ2v) is 10.6. The second-order valence-electron chi connectivity index (χ2n) is 10.6. The summed E-state index contributed by atoms with van der Waals surface area (Å²) in [7, 11) is 1.89. The van der Waals surface area contributed by atoms with Gasteiger partial charge < -0.3 is 18.9 Å². The van der Waals surface area contributed by atoms with Crippen LogP contribution in [0.2, 0.25) is 0 Å². The molecular weight excluding hydrogens is 468 g/mol. The van der Waals surface area contributed by atoms with Crippen LogP contribution < -0.4 is 0 Å². The summed E-state index contributed by atoms with van der Waals surface area (Å²) in [6.45, 7) is 9.04. The Bertz CT molecular complexity index is 1580. The number of pyridine rings is 1. The zero-order valence-corrected chi connectivity index (χ0v) is 21.9. The zero-order valence-electron chi connectivity index (χ0n) is 21.9. The highest BCUT2D eigenvalue weighted by atomic mass is 16.5. The van der Waals surface area contributed by atoms with Crippen molar-refractivity contribution in [3.63, 3.8) is 0 Å². The maximum atomic E-state index is 11.1. The number of rotatable bonds is 5. The number of benzene rings is 1. The van der Waals surface area contributed by atoms with Gasteiger partial charge in [-0.2, -0.15) is 0 Å². The lowest BCUT2D eigenvalue weighted by atomic mass is 9.84. The van der Waals surface area contributed by atoms with E-state index in [0.29, 0.717) is 17.2 Å². The number of aromatic nitrogens is 6. The first-order valence-corrected chi connectivity index (χ1v) is 12.8. The van der Waals surface area contributed by atoms with Gasteiger partial charge in [-0.25, -0.2) is 9.67 Å². The van der Waals surface area contributed by atoms with Crippen molar-refractivity contribution in [2.45, 2.75) is 52.2 Å². The molecule has 0 bridgehead atoms. The molecule has 4 aromatic heterocycles. The van der Waals surface area contributed by atoms with Gasteiger partial charge in [-0.05, 0) is 63.6 Å². The molecule has 1 aromatic carbocycles. The predicted molar refractivity (Wildman–Crippen MR) is 140 cm³/mol. The Labute approximate surface area is 215 Å². The van der Waals surface area contributed by atoms with Crippen molar-refractivity contribution in [1.29, 1.82) is 0 Å². The van der Waals surface area contributed by atoms with Crippen LogP contribution >= 0.6 is 0 Å². The van der Waals surface area contributed by atoms with Crippen LogP contribution in [0.1, 0.15) is 55.2 Å². The monoisotopic (exact) mass is 500 g/mol. The van der Waals surface area contributed by atoms with Gasteiger partial charge in [-0.1, -0.05) is 34.6 Å². The smallest absolute Gasteiger partial charge is 0.211 e. The molecule has 1 aliphatic rings. The van der Waals surface area contributed by atoms with E-state index in [0.717, 1.165) is 59.6 Å². The van der Waals surface area contributed by atoms with Crippen LogP contribution in [0, 0.1) is 19.8 Å². The lowest BCUT2D eigenvalue weighted by Gasteiger charge is -2.34. The minimum Gasteiger partial charge on any atom is -0.384 e. The number of ether oxygens (including phenoxy) is 1. The lowest BCUT2D eigenvalue weighted by molar-refractivity contribution is 0.0546. The molecule has 0 amide bonds. The van der Waals surface area contributed by atoms with E-state index >= 15 is 0 Å². The molecule has 6 rings (SSSR count). The van der Waals surface area contributed by atoms with Gasteiger partial charge in [-0.3, -0.25) is 0 Å². The fourth-order valence-electron chi connectivity index (χ4n) is 5.83. The molecule has 0 spiro atoms. The van der Waals surface area contributed by atoms with Crippen LogP contribution in [0.5, 0.6) is 0 Å². The fraction of sp³-hybridized carbons (Fsp3) is 0.429. The number of nitrogens with zero attached hydrogens (tertiary/aromatic N) is 6. The molecule has 0 radical (unpaired) electrons. The number of fused-ring (bicyclic) bond motifs is 3. The van der Waals surface area contributed by atoms with Gasteiger partial charge in [0, 0.05) is 32.0 Å². The van der Waals surface area contributed by atoms with Crippen molar-refractivity contribution in [3.05, 3.63) is 59.0 Å². The lowest BCUT2D eigenvalue weighted by Crippen LogP contribution is -2.28. The Hall–Kier alpha value is -3.56. The maximum absolute atomic E-state index is 11.1. The molecule has 0 aliphatic carbocycles. The summed E-state index contributed by atoms with van der Waals surface area (Å²) in [5.74, 6) is 0.321. The van der Waals surface area contributed by atoms with Gasteiger partial charge in [-0.15, -0.1) is 5.10 Å². The van der Waals surface area contributed by atoms with Crippen molar-refractivity contribution >= 4 is 22.1 Å². The van der Waals surface area contributed by atoms with Gasteiger partial charge in [0.2, 0.25) is 5.58 Å². The molecule has 37 heavy (non-hydrogen) atoms. The minimum absolute atomic E-state index is 0.0200. The first-order valence-electron chi connectivity index (χ1n) is 12.8. The zero-order chi connectivity index (χ0) is 25.9. The summed E-state index contributed by atoms with van der Waals surface area (Å²) in [5, 5.41) is 23.9. The summed E-state index contributed by atoms with van der Waals surface area (Å²) in [4.78, 5) is 4.88. The third-order valence-corrected chi connectivity index (χ3v) is 7.60. The molecule has 5 heterocycles. The standard InChI is InChI=1S/C28H32N6O3/c1-16-8-6-7-9-20(16)24(18-10-12-36-13-11-18)34-21-14-19(23-17(2)30-32-33(23)5)15-29-22(21)26-25(34)27(31-37-26)28(3,4)35/h6-9,14-15,18,24,35H,10-13H2,1-5H3. The molecule has 0 saturated carbocycles. The molecule has 1 unspecified atom stereocenters. The van der Waals surface area contributed by atoms with Crippen molar-refractivity contribution < 1.29 is 14.4 Å². The molecule has 1 N–H and O–H groups in total. The number of aliphatic hydroxyl groups is 1. The first kappa shape index (κ1) is 23.8. The Balaban J connectivity index is 1.72. The van der Waals surface area contributed by atoms with E-state index in [1.54, 1.807) is 18.5 Å². The molecule has 1 atom stereocenters. The highest BCUT2D eigenvalue weighted by Gasteiger charge is 2.36. The SMILES string of the molecule is Cc1ccccc1C(C1CCOCC1)n1c2cc(-c3c(C)nnn3C)cnc2c2onc(C(C)(C)O)c21. The summed E-state index contributed by atoms with van der Waals surface area (Å²) >= 11 is 0. The van der Waals surface area contributed by atoms with Crippen LogP contribution in [0.25, 0.3) is 33.4 Å². The summed E-state index contributed by atoms with van der Waals surface area (Å²) in [6.07, 6.45) is 3.70. The van der Waals surface area contributed by atoms with E-state index in [1.165, 1.54) is 11.1 Å². The Morgan fingerprint density at radius 2 is 1.89 bits per heavy atom. The highest BCUT2D eigenvalue weighted by Crippen LogP contribution is 2.44. The Kier molecular flexibility index (Phi) is 5.65. The Morgan fingerprint density at radius 3 is 2.57 bits per heavy atom. The summed E-state index contributed by atoms with van der Waals surface area (Å²) in [6, 6.07) is 10.6. The summed E-state index contributed by atoms with van der Waals surface area (Å²) in [5.41, 5.74) is 7.45. The van der Waals surface area contributed by atoms with Crippen LogP contribution in [0.15, 0.2) is 41.1 Å². The van der Waals surface area contributed by atoms with E-state index in [1.807, 2.05) is 20.2 Å². The topological polar surface area (TPSA) is 104 Å². The van der Waals surface area contributed by atoms with Gasteiger partial charge >= 0.3 is 0 Å².